The second kappa shape index (κ2) is 4.44. The topological polar surface area (TPSA) is 24.9 Å². The number of likely N-dealkylation sites (N-methyl/N-ethyl adjacent to an activating group) is 1. The maximum Gasteiger partial charge on any atom is 0.132 e. The Morgan fingerprint density at radius 2 is 2.17 bits per heavy atom. The Labute approximate surface area is 110 Å². The number of thiazole rings is 1. The van der Waals surface area contributed by atoms with Crippen molar-refractivity contribution in [1.82, 2.24) is 10.3 Å². The van der Waals surface area contributed by atoms with Crippen molar-refractivity contribution in [2.24, 2.45) is 0 Å². The predicted octanol–water partition coefficient (Wildman–Crippen LogP) is 3.20. The average molecular weight is 262 g/mol. The van der Waals surface area contributed by atoms with E-state index in [1.54, 1.807) is 23.5 Å². The fourth-order valence-electron chi connectivity index (χ4n) is 2.27. The number of nitrogens with one attached hydrogen (secondary N) is 1. The van der Waals surface area contributed by atoms with Gasteiger partial charge in [0.25, 0.3) is 0 Å². The van der Waals surface area contributed by atoms with Gasteiger partial charge in [-0.3, -0.25) is 0 Å². The molecule has 0 spiro atoms. The first kappa shape index (κ1) is 11.8. The van der Waals surface area contributed by atoms with Crippen molar-refractivity contribution in [2.75, 3.05) is 13.6 Å². The summed E-state index contributed by atoms with van der Waals surface area (Å²) >= 11 is 1.64. The number of rotatable bonds is 4. The van der Waals surface area contributed by atoms with Gasteiger partial charge in [0.2, 0.25) is 0 Å². The van der Waals surface area contributed by atoms with E-state index in [0.717, 1.165) is 17.2 Å². The third kappa shape index (κ3) is 1.95. The van der Waals surface area contributed by atoms with Gasteiger partial charge in [0.15, 0.2) is 0 Å². The molecule has 1 heterocycles. The van der Waals surface area contributed by atoms with E-state index in [9.17, 15) is 4.39 Å². The maximum atomic E-state index is 13.7. The first-order valence-electron chi connectivity index (χ1n) is 6.11. The quantitative estimate of drug-likeness (QED) is 0.915. The third-order valence-electron chi connectivity index (χ3n) is 3.48. The lowest BCUT2D eigenvalue weighted by molar-refractivity contribution is 0.619. The number of hydrogen-bond acceptors (Lipinski definition) is 3. The van der Waals surface area contributed by atoms with Crippen LogP contribution >= 0.6 is 11.3 Å². The molecule has 3 rings (SSSR count). The Morgan fingerprint density at radius 3 is 2.83 bits per heavy atom. The molecule has 1 aliphatic carbocycles. The van der Waals surface area contributed by atoms with Crippen LogP contribution in [0.1, 0.15) is 17.8 Å². The minimum Gasteiger partial charge on any atom is -0.319 e. The molecule has 1 aromatic heterocycles. The van der Waals surface area contributed by atoms with E-state index >= 15 is 0 Å². The average Bonchev–Trinajstić information content (AvgIpc) is 2.99. The molecule has 0 saturated heterocycles. The SMILES string of the molecule is CNCC1(c2nc(-c3ccccc3F)cs2)CC1. The zero-order chi connectivity index (χ0) is 12.6. The molecule has 2 aromatic rings. The summed E-state index contributed by atoms with van der Waals surface area (Å²) in [5.74, 6) is -0.201. The molecule has 0 amide bonds. The molecule has 0 unspecified atom stereocenters. The second-order valence-electron chi connectivity index (χ2n) is 4.83. The number of aromatic nitrogens is 1. The largest absolute Gasteiger partial charge is 0.319 e. The van der Waals surface area contributed by atoms with E-state index < -0.39 is 0 Å². The van der Waals surface area contributed by atoms with Crippen molar-refractivity contribution in [3.05, 3.63) is 40.5 Å². The summed E-state index contributed by atoms with van der Waals surface area (Å²) in [6.07, 6.45) is 2.36. The van der Waals surface area contributed by atoms with Gasteiger partial charge in [0.05, 0.1) is 5.69 Å². The molecule has 1 aromatic carbocycles. The van der Waals surface area contributed by atoms with Crippen molar-refractivity contribution < 1.29 is 4.39 Å². The number of nitrogens with zero attached hydrogens (tertiary/aromatic N) is 1. The summed E-state index contributed by atoms with van der Waals surface area (Å²) in [6.45, 7) is 0.956. The molecular weight excluding hydrogens is 247 g/mol. The standard InChI is InChI=1S/C14H15FN2S/c1-16-9-14(6-7-14)13-17-12(8-18-13)10-4-2-3-5-11(10)15/h2-5,8,16H,6-7,9H2,1H3. The Morgan fingerprint density at radius 1 is 1.39 bits per heavy atom. The summed E-state index contributed by atoms with van der Waals surface area (Å²) in [6, 6.07) is 6.81. The van der Waals surface area contributed by atoms with Gasteiger partial charge in [0, 0.05) is 22.9 Å². The normalized spacial score (nSPS) is 16.8. The minimum absolute atomic E-state index is 0.201. The van der Waals surface area contributed by atoms with Gasteiger partial charge >= 0.3 is 0 Å². The Kier molecular flexibility index (Phi) is 2.92. The highest BCUT2D eigenvalue weighted by molar-refractivity contribution is 7.10. The lowest BCUT2D eigenvalue weighted by Gasteiger charge is -2.10. The predicted molar refractivity (Wildman–Crippen MR) is 72.3 cm³/mol. The molecular formula is C14H15FN2S. The first-order chi connectivity index (χ1) is 8.75. The van der Waals surface area contributed by atoms with Crippen LogP contribution < -0.4 is 5.32 Å². The molecule has 4 heteroatoms. The fourth-order valence-corrected chi connectivity index (χ4v) is 3.35. The number of hydrogen-bond donors (Lipinski definition) is 1. The molecule has 0 atom stereocenters. The molecule has 0 bridgehead atoms. The first-order valence-corrected chi connectivity index (χ1v) is 6.99. The summed E-state index contributed by atoms with van der Waals surface area (Å²) < 4.78 is 13.7. The van der Waals surface area contributed by atoms with Crippen LogP contribution in [0.2, 0.25) is 0 Å². The molecule has 1 aliphatic rings. The maximum absolute atomic E-state index is 13.7. The lowest BCUT2D eigenvalue weighted by atomic mass is 10.1. The smallest absolute Gasteiger partial charge is 0.132 e. The van der Waals surface area contributed by atoms with Gasteiger partial charge in [0.1, 0.15) is 10.8 Å². The zero-order valence-electron chi connectivity index (χ0n) is 10.2. The minimum atomic E-state index is -0.201. The van der Waals surface area contributed by atoms with Gasteiger partial charge in [-0.2, -0.15) is 0 Å². The van der Waals surface area contributed by atoms with Gasteiger partial charge in [-0.05, 0) is 32.0 Å². The monoisotopic (exact) mass is 262 g/mol. The van der Waals surface area contributed by atoms with Gasteiger partial charge in [-0.15, -0.1) is 11.3 Å². The summed E-state index contributed by atoms with van der Waals surface area (Å²) in [5, 5.41) is 6.32. The van der Waals surface area contributed by atoms with Crippen molar-refractivity contribution in [1.29, 1.82) is 0 Å². The van der Waals surface area contributed by atoms with Crippen molar-refractivity contribution >= 4 is 11.3 Å². The van der Waals surface area contributed by atoms with Gasteiger partial charge in [-0.1, -0.05) is 12.1 Å². The van der Waals surface area contributed by atoms with Crippen molar-refractivity contribution in [3.8, 4) is 11.3 Å². The molecule has 1 saturated carbocycles. The number of benzene rings is 1. The van der Waals surface area contributed by atoms with E-state index in [1.807, 2.05) is 18.5 Å². The summed E-state index contributed by atoms with van der Waals surface area (Å²) in [7, 11) is 1.96. The lowest BCUT2D eigenvalue weighted by Crippen LogP contribution is -2.23. The Bertz CT molecular complexity index is 560. The van der Waals surface area contributed by atoms with Crippen LogP contribution in [0, 0.1) is 5.82 Å². The zero-order valence-corrected chi connectivity index (χ0v) is 11.1. The summed E-state index contributed by atoms with van der Waals surface area (Å²) in [4.78, 5) is 4.63. The Balaban J connectivity index is 1.93. The van der Waals surface area contributed by atoms with Gasteiger partial charge < -0.3 is 5.32 Å². The third-order valence-corrected chi connectivity index (χ3v) is 4.57. The van der Waals surface area contributed by atoms with Crippen LogP contribution in [0.5, 0.6) is 0 Å². The highest BCUT2D eigenvalue weighted by atomic mass is 32.1. The van der Waals surface area contributed by atoms with Gasteiger partial charge in [-0.25, -0.2) is 9.37 Å². The molecule has 1 fully saturated rings. The molecule has 18 heavy (non-hydrogen) atoms. The highest BCUT2D eigenvalue weighted by Gasteiger charge is 2.46. The fraction of sp³-hybridized carbons (Fsp3) is 0.357. The Hall–Kier alpha value is -1.26. The number of halogens is 1. The summed E-state index contributed by atoms with van der Waals surface area (Å²) in [5.41, 5.74) is 1.57. The van der Waals surface area contributed by atoms with E-state index in [0.29, 0.717) is 5.56 Å². The second-order valence-corrected chi connectivity index (χ2v) is 5.69. The van der Waals surface area contributed by atoms with Crippen LogP contribution in [-0.2, 0) is 5.41 Å². The molecule has 1 N–H and O–H groups in total. The van der Waals surface area contributed by atoms with Crippen LogP contribution in [-0.4, -0.2) is 18.6 Å². The molecule has 0 aliphatic heterocycles. The molecule has 2 nitrogen and oxygen atoms in total. The van der Waals surface area contributed by atoms with Crippen LogP contribution in [0.3, 0.4) is 0 Å². The van der Waals surface area contributed by atoms with E-state index in [4.69, 9.17) is 0 Å². The molecule has 94 valence electrons. The van der Waals surface area contributed by atoms with Crippen LogP contribution in [0.15, 0.2) is 29.6 Å². The van der Waals surface area contributed by atoms with E-state index in [2.05, 4.69) is 10.3 Å². The van der Waals surface area contributed by atoms with Crippen LogP contribution in [0.25, 0.3) is 11.3 Å². The highest BCUT2D eigenvalue weighted by Crippen LogP contribution is 2.49. The van der Waals surface area contributed by atoms with Crippen LogP contribution in [0.4, 0.5) is 4.39 Å². The van der Waals surface area contributed by atoms with Crippen molar-refractivity contribution in [3.63, 3.8) is 0 Å². The van der Waals surface area contributed by atoms with E-state index in [-0.39, 0.29) is 11.2 Å². The van der Waals surface area contributed by atoms with Crippen molar-refractivity contribution in [2.45, 2.75) is 18.3 Å². The molecule has 0 radical (unpaired) electrons. The van der Waals surface area contributed by atoms with E-state index in [1.165, 1.54) is 18.9 Å².